The molecule has 0 saturated carbocycles. The maximum absolute atomic E-state index is 12.7. The van der Waals surface area contributed by atoms with E-state index in [0.717, 1.165) is 37.8 Å². The molecule has 134 valence electrons. The number of carbonyl (C=O) groups is 2. The largest absolute Gasteiger partial charge is 0.330 e. The minimum absolute atomic E-state index is 0.0419. The first-order chi connectivity index (χ1) is 11.3. The van der Waals surface area contributed by atoms with Crippen molar-refractivity contribution < 1.29 is 9.59 Å². The molecule has 1 aromatic rings. The van der Waals surface area contributed by atoms with E-state index in [4.69, 9.17) is 0 Å². The molecule has 24 heavy (non-hydrogen) atoms. The standard InChI is InChI=1S/C18H29N3O2S/c1-6-9-12-14(7-2)24-17(19-12)20-15(22)13-10-8-11-21(13)16(23)18(3,4)5/h13H,6-11H2,1-5H3,(H,19,20,22). The second-order valence-corrected chi connectivity index (χ2v) is 8.47. The van der Waals surface area contributed by atoms with Crippen LogP contribution in [0.5, 0.6) is 0 Å². The Bertz CT molecular complexity index is 604. The minimum Gasteiger partial charge on any atom is -0.330 e. The van der Waals surface area contributed by atoms with Gasteiger partial charge in [-0.2, -0.15) is 0 Å². The van der Waals surface area contributed by atoms with Crippen LogP contribution >= 0.6 is 11.3 Å². The van der Waals surface area contributed by atoms with Crippen LogP contribution in [0.1, 0.15) is 64.5 Å². The SMILES string of the molecule is CCCc1nc(NC(=O)C2CCCN2C(=O)C(C)(C)C)sc1CC. The summed E-state index contributed by atoms with van der Waals surface area (Å²) < 4.78 is 0. The van der Waals surface area contributed by atoms with Crippen molar-refractivity contribution in [2.75, 3.05) is 11.9 Å². The zero-order valence-electron chi connectivity index (χ0n) is 15.4. The molecule has 1 aliphatic heterocycles. The van der Waals surface area contributed by atoms with E-state index >= 15 is 0 Å². The van der Waals surface area contributed by atoms with Crippen molar-refractivity contribution in [3.05, 3.63) is 10.6 Å². The summed E-state index contributed by atoms with van der Waals surface area (Å²) in [5, 5.41) is 3.61. The number of likely N-dealkylation sites (tertiary alicyclic amines) is 1. The van der Waals surface area contributed by atoms with Gasteiger partial charge in [-0.15, -0.1) is 11.3 Å². The number of anilines is 1. The van der Waals surface area contributed by atoms with E-state index in [9.17, 15) is 9.59 Å². The summed E-state index contributed by atoms with van der Waals surface area (Å²) in [6.07, 6.45) is 4.51. The zero-order chi connectivity index (χ0) is 17.9. The molecule has 1 atom stereocenters. The molecule has 1 unspecified atom stereocenters. The predicted molar refractivity (Wildman–Crippen MR) is 98.3 cm³/mol. The molecule has 6 heteroatoms. The summed E-state index contributed by atoms with van der Waals surface area (Å²) >= 11 is 1.56. The predicted octanol–water partition coefficient (Wildman–Crippen LogP) is 3.63. The first-order valence-corrected chi connectivity index (χ1v) is 9.70. The number of carbonyl (C=O) groups excluding carboxylic acids is 2. The number of nitrogens with zero attached hydrogens (tertiary/aromatic N) is 2. The summed E-state index contributed by atoms with van der Waals surface area (Å²) in [5.41, 5.74) is 0.627. The Morgan fingerprint density at radius 1 is 1.33 bits per heavy atom. The molecule has 1 aromatic heterocycles. The van der Waals surface area contributed by atoms with Crippen LogP contribution in [0.25, 0.3) is 0 Å². The normalized spacial score (nSPS) is 18.0. The van der Waals surface area contributed by atoms with Gasteiger partial charge >= 0.3 is 0 Å². The fourth-order valence-electron chi connectivity index (χ4n) is 3.05. The molecule has 2 rings (SSSR count). The highest BCUT2D eigenvalue weighted by molar-refractivity contribution is 7.15. The van der Waals surface area contributed by atoms with Gasteiger partial charge in [0.05, 0.1) is 5.69 Å². The number of nitrogens with one attached hydrogen (secondary N) is 1. The van der Waals surface area contributed by atoms with Crippen LogP contribution in [-0.4, -0.2) is 34.3 Å². The van der Waals surface area contributed by atoms with Gasteiger partial charge in [-0.05, 0) is 25.7 Å². The Hall–Kier alpha value is -1.43. The number of rotatable bonds is 5. The van der Waals surface area contributed by atoms with E-state index < -0.39 is 5.41 Å². The zero-order valence-corrected chi connectivity index (χ0v) is 16.3. The number of aryl methyl sites for hydroxylation is 2. The summed E-state index contributed by atoms with van der Waals surface area (Å²) in [6.45, 7) is 10.6. The number of hydrogen-bond donors (Lipinski definition) is 1. The molecule has 0 bridgehead atoms. The second-order valence-electron chi connectivity index (χ2n) is 7.39. The number of aromatic nitrogens is 1. The topological polar surface area (TPSA) is 62.3 Å². The molecule has 1 aliphatic rings. The molecule has 0 aromatic carbocycles. The highest BCUT2D eigenvalue weighted by Gasteiger charge is 2.38. The number of thiazole rings is 1. The van der Waals surface area contributed by atoms with E-state index in [2.05, 4.69) is 24.1 Å². The average molecular weight is 352 g/mol. The van der Waals surface area contributed by atoms with Gasteiger partial charge in [0.25, 0.3) is 0 Å². The lowest BCUT2D eigenvalue weighted by atomic mass is 9.94. The fourth-order valence-corrected chi connectivity index (χ4v) is 4.00. The van der Waals surface area contributed by atoms with Crippen molar-refractivity contribution in [1.82, 2.24) is 9.88 Å². The van der Waals surface area contributed by atoms with Gasteiger partial charge in [-0.3, -0.25) is 9.59 Å². The van der Waals surface area contributed by atoms with Crippen molar-refractivity contribution in [3.8, 4) is 0 Å². The van der Waals surface area contributed by atoms with Crippen LogP contribution in [0.4, 0.5) is 5.13 Å². The summed E-state index contributed by atoms with van der Waals surface area (Å²) in [5.74, 6) is -0.0650. The number of amides is 2. The van der Waals surface area contributed by atoms with Crippen molar-refractivity contribution in [2.45, 2.75) is 72.8 Å². The van der Waals surface area contributed by atoms with Crippen LogP contribution in [0.15, 0.2) is 0 Å². The van der Waals surface area contributed by atoms with Gasteiger partial charge in [0.1, 0.15) is 6.04 Å². The second kappa shape index (κ2) is 7.64. The molecule has 0 aliphatic carbocycles. The van der Waals surface area contributed by atoms with Gasteiger partial charge in [-0.1, -0.05) is 41.0 Å². The minimum atomic E-state index is -0.465. The van der Waals surface area contributed by atoms with Crippen LogP contribution in [0.2, 0.25) is 0 Å². The molecule has 0 radical (unpaired) electrons. The van der Waals surface area contributed by atoms with Crippen molar-refractivity contribution in [3.63, 3.8) is 0 Å². The molecule has 1 fully saturated rings. The number of hydrogen-bond acceptors (Lipinski definition) is 4. The maximum Gasteiger partial charge on any atom is 0.248 e. The lowest BCUT2D eigenvalue weighted by Crippen LogP contribution is -2.47. The fraction of sp³-hybridized carbons (Fsp3) is 0.722. The van der Waals surface area contributed by atoms with Gasteiger partial charge in [-0.25, -0.2) is 4.98 Å². The van der Waals surface area contributed by atoms with E-state index in [1.807, 2.05) is 20.8 Å². The summed E-state index contributed by atoms with van der Waals surface area (Å²) in [4.78, 5) is 32.8. The van der Waals surface area contributed by atoms with Crippen LogP contribution in [-0.2, 0) is 22.4 Å². The van der Waals surface area contributed by atoms with E-state index in [1.54, 1.807) is 16.2 Å². The molecule has 0 spiro atoms. The lowest BCUT2D eigenvalue weighted by Gasteiger charge is -2.30. The van der Waals surface area contributed by atoms with Gasteiger partial charge < -0.3 is 10.2 Å². The Morgan fingerprint density at radius 3 is 2.62 bits per heavy atom. The van der Waals surface area contributed by atoms with E-state index in [1.165, 1.54) is 4.88 Å². The maximum atomic E-state index is 12.7. The van der Waals surface area contributed by atoms with Crippen LogP contribution < -0.4 is 5.32 Å². The molecule has 1 saturated heterocycles. The monoisotopic (exact) mass is 351 g/mol. The van der Waals surface area contributed by atoms with Crippen molar-refractivity contribution in [2.24, 2.45) is 5.41 Å². The Balaban J connectivity index is 2.10. The third-order valence-electron chi connectivity index (χ3n) is 4.27. The molecular weight excluding hydrogens is 322 g/mol. The third kappa shape index (κ3) is 4.15. The molecule has 2 amide bonds. The lowest BCUT2D eigenvalue weighted by molar-refractivity contribution is -0.143. The summed E-state index contributed by atoms with van der Waals surface area (Å²) in [6, 6.07) is -0.375. The molecule has 2 heterocycles. The molecule has 5 nitrogen and oxygen atoms in total. The Morgan fingerprint density at radius 2 is 2.04 bits per heavy atom. The van der Waals surface area contributed by atoms with Gasteiger partial charge in [0, 0.05) is 16.8 Å². The van der Waals surface area contributed by atoms with E-state index in [0.29, 0.717) is 11.7 Å². The van der Waals surface area contributed by atoms with Crippen LogP contribution in [0, 0.1) is 5.41 Å². The van der Waals surface area contributed by atoms with Crippen molar-refractivity contribution >= 4 is 28.3 Å². The van der Waals surface area contributed by atoms with Gasteiger partial charge in [0.2, 0.25) is 11.8 Å². The summed E-state index contributed by atoms with van der Waals surface area (Å²) in [7, 11) is 0. The highest BCUT2D eigenvalue weighted by Crippen LogP contribution is 2.28. The third-order valence-corrected chi connectivity index (χ3v) is 5.43. The van der Waals surface area contributed by atoms with E-state index in [-0.39, 0.29) is 17.9 Å². The quantitative estimate of drug-likeness (QED) is 0.881. The van der Waals surface area contributed by atoms with Crippen molar-refractivity contribution in [1.29, 1.82) is 0 Å². The first-order valence-electron chi connectivity index (χ1n) is 8.88. The smallest absolute Gasteiger partial charge is 0.248 e. The molecule has 1 N–H and O–H groups in total. The first kappa shape index (κ1) is 18.9. The van der Waals surface area contributed by atoms with Crippen LogP contribution in [0.3, 0.4) is 0 Å². The highest BCUT2D eigenvalue weighted by atomic mass is 32.1. The Kier molecular flexibility index (Phi) is 6.01. The molecular formula is C18H29N3O2S. The average Bonchev–Trinajstić information content (AvgIpc) is 3.12. The Labute approximate surface area is 148 Å². The van der Waals surface area contributed by atoms with Gasteiger partial charge in [0.15, 0.2) is 5.13 Å².